The number of carbonyl (C=O) groups is 2. The molecule has 0 unspecified atom stereocenters. The van der Waals surface area contributed by atoms with Crippen LogP contribution >= 0.6 is 0 Å². The third kappa shape index (κ3) is 3.12. The van der Waals surface area contributed by atoms with Crippen molar-refractivity contribution in [2.24, 2.45) is 0 Å². The van der Waals surface area contributed by atoms with Gasteiger partial charge in [-0.05, 0) is 31.2 Å². The number of carbonyl (C=O) groups excluding carboxylic acids is 2. The minimum atomic E-state index is -2.92. The topological polar surface area (TPSA) is 46.6 Å². The summed E-state index contributed by atoms with van der Waals surface area (Å²) >= 11 is 0. The molecule has 0 spiro atoms. The molecule has 1 fully saturated rings. The second-order valence-corrected chi connectivity index (χ2v) is 4.60. The van der Waals surface area contributed by atoms with Crippen molar-refractivity contribution < 1.29 is 23.1 Å². The van der Waals surface area contributed by atoms with E-state index in [-0.39, 0.29) is 19.6 Å². The molecule has 4 nitrogen and oxygen atoms in total. The normalized spacial score (nSPS) is 17.9. The highest BCUT2D eigenvalue weighted by molar-refractivity contribution is 5.95. The highest BCUT2D eigenvalue weighted by Crippen LogP contribution is 2.31. The third-order valence-electron chi connectivity index (χ3n) is 3.10. The Bertz CT molecular complexity index is 514. The largest absolute Gasteiger partial charge is 0.462 e. The minimum absolute atomic E-state index is 0.0232. The van der Waals surface area contributed by atoms with E-state index < -0.39 is 24.2 Å². The molecule has 1 aliphatic rings. The second-order valence-electron chi connectivity index (χ2n) is 4.60. The number of anilines is 1. The highest BCUT2D eigenvalue weighted by atomic mass is 19.3. The van der Waals surface area contributed by atoms with Gasteiger partial charge in [-0.15, -0.1) is 0 Å². The Morgan fingerprint density at radius 3 is 2.55 bits per heavy atom. The summed E-state index contributed by atoms with van der Waals surface area (Å²) in [5.74, 6) is -3.97. The van der Waals surface area contributed by atoms with Crippen molar-refractivity contribution in [1.29, 1.82) is 0 Å². The van der Waals surface area contributed by atoms with Gasteiger partial charge in [-0.1, -0.05) is 0 Å². The number of benzene rings is 1. The predicted octanol–water partition coefficient (Wildman–Crippen LogP) is 2.63. The first-order valence-electron chi connectivity index (χ1n) is 6.38. The SMILES string of the molecule is CCOC(=O)c1ccc(N2CCC(F)(F)CC2=O)cc1. The minimum Gasteiger partial charge on any atom is -0.462 e. The average molecular weight is 283 g/mol. The molecular formula is C14H15F2NO3. The number of rotatable bonds is 3. The molecule has 20 heavy (non-hydrogen) atoms. The van der Waals surface area contributed by atoms with E-state index in [1.54, 1.807) is 19.1 Å². The number of esters is 1. The summed E-state index contributed by atoms with van der Waals surface area (Å²) in [4.78, 5) is 24.5. The molecule has 0 atom stereocenters. The second kappa shape index (κ2) is 5.56. The van der Waals surface area contributed by atoms with Crippen LogP contribution in [0.1, 0.15) is 30.1 Å². The quantitative estimate of drug-likeness (QED) is 0.801. The lowest BCUT2D eigenvalue weighted by molar-refractivity contribution is -0.129. The van der Waals surface area contributed by atoms with Gasteiger partial charge in [0.25, 0.3) is 5.92 Å². The van der Waals surface area contributed by atoms with Gasteiger partial charge in [-0.2, -0.15) is 0 Å². The maximum Gasteiger partial charge on any atom is 0.338 e. The molecule has 1 aromatic carbocycles. The van der Waals surface area contributed by atoms with Gasteiger partial charge in [0.1, 0.15) is 0 Å². The molecule has 1 aliphatic heterocycles. The molecule has 2 rings (SSSR count). The van der Waals surface area contributed by atoms with Crippen LogP contribution in [0.3, 0.4) is 0 Å². The van der Waals surface area contributed by atoms with E-state index in [1.165, 1.54) is 17.0 Å². The number of halogens is 2. The van der Waals surface area contributed by atoms with Crippen LogP contribution in [-0.4, -0.2) is 31.0 Å². The lowest BCUT2D eigenvalue weighted by atomic mass is 10.0. The summed E-state index contributed by atoms with van der Waals surface area (Å²) in [6.45, 7) is 1.96. The van der Waals surface area contributed by atoms with Crippen LogP contribution in [0, 0.1) is 0 Å². The molecular weight excluding hydrogens is 268 g/mol. The number of alkyl halides is 2. The fourth-order valence-electron chi connectivity index (χ4n) is 2.07. The maximum atomic E-state index is 13.1. The first-order valence-corrected chi connectivity index (χ1v) is 6.38. The Morgan fingerprint density at radius 1 is 1.35 bits per heavy atom. The van der Waals surface area contributed by atoms with Crippen molar-refractivity contribution in [3.63, 3.8) is 0 Å². The van der Waals surface area contributed by atoms with Gasteiger partial charge in [0.05, 0.1) is 18.6 Å². The molecule has 0 bridgehead atoms. The number of amides is 1. The fraction of sp³-hybridized carbons (Fsp3) is 0.429. The molecule has 0 N–H and O–H groups in total. The number of nitrogens with zero attached hydrogens (tertiary/aromatic N) is 1. The van der Waals surface area contributed by atoms with Gasteiger partial charge in [0.2, 0.25) is 5.91 Å². The lowest BCUT2D eigenvalue weighted by Gasteiger charge is -2.31. The molecule has 1 amide bonds. The number of hydrogen-bond acceptors (Lipinski definition) is 3. The summed E-state index contributed by atoms with van der Waals surface area (Å²) < 4.78 is 31.0. The molecule has 0 radical (unpaired) electrons. The molecule has 0 saturated carbocycles. The summed E-state index contributed by atoms with van der Waals surface area (Å²) in [6.07, 6.45) is -1.12. The fourth-order valence-corrected chi connectivity index (χ4v) is 2.07. The van der Waals surface area contributed by atoms with E-state index in [9.17, 15) is 18.4 Å². The van der Waals surface area contributed by atoms with E-state index in [4.69, 9.17) is 4.74 Å². The van der Waals surface area contributed by atoms with Gasteiger partial charge >= 0.3 is 5.97 Å². The molecule has 1 heterocycles. The van der Waals surface area contributed by atoms with Crippen LogP contribution in [-0.2, 0) is 9.53 Å². The molecule has 0 aliphatic carbocycles. The zero-order valence-corrected chi connectivity index (χ0v) is 11.1. The van der Waals surface area contributed by atoms with Gasteiger partial charge < -0.3 is 9.64 Å². The van der Waals surface area contributed by atoms with Crippen molar-refractivity contribution in [3.05, 3.63) is 29.8 Å². The lowest BCUT2D eigenvalue weighted by Crippen LogP contribution is -2.43. The van der Waals surface area contributed by atoms with Crippen molar-refractivity contribution in [2.45, 2.75) is 25.7 Å². The smallest absolute Gasteiger partial charge is 0.338 e. The standard InChI is InChI=1S/C14H15F2NO3/c1-2-20-13(19)10-3-5-11(6-4-10)17-8-7-14(15,16)9-12(17)18/h3-6H,2,7-9H2,1H3. The van der Waals surface area contributed by atoms with Crippen LogP contribution < -0.4 is 4.90 Å². The molecule has 0 aromatic heterocycles. The van der Waals surface area contributed by atoms with Crippen molar-refractivity contribution >= 4 is 17.6 Å². The summed E-state index contributed by atoms with van der Waals surface area (Å²) in [6, 6.07) is 6.17. The summed E-state index contributed by atoms with van der Waals surface area (Å²) in [7, 11) is 0. The van der Waals surface area contributed by atoms with E-state index in [0.717, 1.165) is 0 Å². The van der Waals surface area contributed by atoms with E-state index >= 15 is 0 Å². The molecule has 1 aromatic rings. The summed E-state index contributed by atoms with van der Waals surface area (Å²) in [5, 5.41) is 0. The Kier molecular flexibility index (Phi) is 4.01. The highest BCUT2D eigenvalue weighted by Gasteiger charge is 2.39. The molecule has 108 valence electrons. The van der Waals surface area contributed by atoms with Crippen molar-refractivity contribution in [3.8, 4) is 0 Å². The van der Waals surface area contributed by atoms with Crippen LogP contribution in [0.5, 0.6) is 0 Å². The Labute approximate surface area is 115 Å². The Morgan fingerprint density at radius 2 is 2.00 bits per heavy atom. The van der Waals surface area contributed by atoms with Crippen LogP contribution in [0.2, 0.25) is 0 Å². The van der Waals surface area contributed by atoms with Gasteiger partial charge in [-0.3, -0.25) is 4.79 Å². The average Bonchev–Trinajstić information content (AvgIpc) is 2.38. The van der Waals surface area contributed by atoms with Crippen LogP contribution in [0.4, 0.5) is 14.5 Å². The van der Waals surface area contributed by atoms with Crippen LogP contribution in [0.25, 0.3) is 0 Å². The van der Waals surface area contributed by atoms with E-state index in [1.807, 2.05) is 0 Å². The number of ether oxygens (including phenoxy) is 1. The number of hydrogen-bond donors (Lipinski definition) is 0. The van der Waals surface area contributed by atoms with Crippen molar-refractivity contribution in [1.82, 2.24) is 0 Å². The zero-order chi connectivity index (χ0) is 14.8. The van der Waals surface area contributed by atoms with Crippen molar-refractivity contribution in [2.75, 3.05) is 18.1 Å². The summed E-state index contributed by atoms with van der Waals surface area (Å²) in [5.41, 5.74) is 0.879. The van der Waals surface area contributed by atoms with Crippen LogP contribution in [0.15, 0.2) is 24.3 Å². The first-order chi connectivity index (χ1) is 9.43. The van der Waals surface area contributed by atoms with Gasteiger partial charge in [0.15, 0.2) is 0 Å². The van der Waals surface area contributed by atoms with Gasteiger partial charge in [-0.25, -0.2) is 13.6 Å². The number of piperidine rings is 1. The third-order valence-corrected chi connectivity index (χ3v) is 3.10. The molecule has 1 saturated heterocycles. The predicted molar refractivity (Wildman–Crippen MR) is 68.9 cm³/mol. The monoisotopic (exact) mass is 283 g/mol. The first kappa shape index (κ1) is 14.4. The zero-order valence-electron chi connectivity index (χ0n) is 11.1. The van der Waals surface area contributed by atoms with E-state index in [2.05, 4.69) is 0 Å². The maximum absolute atomic E-state index is 13.1. The van der Waals surface area contributed by atoms with E-state index in [0.29, 0.717) is 11.3 Å². The molecule has 6 heteroatoms. The van der Waals surface area contributed by atoms with Gasteiger partial charge in [0, 0.05) is 18.7 Å². The Hall–Kier alpha value is -1.98. The Balaban J connectivity index is 2.11.